The van der Waals surface area contributed by atoms with Gasteiger partial charge in [-0.25, -0.2) is 4.52 Å². The molecule has 0 spiro atoms. The normalized spacial score (nSPS) is 10.1. The Kier molecular flexibility index (Phi) is 3.32. The summed E-state index contributed by atoms with van der Waals surface area (Å²) < 4.78 is 1.71. The number of aryl methyl sites for hydroxylation is 1. The van der Waals surface area contributed by atoms with Gasteiger partial charge < -0.3 is 0 Å². The molecule has 0 aromatic carbocycles. The molecule has 0 bridgehead atoms. The maximum atomic E-state index is 9.17. The van der Waals surface area contributed by atoms with Crippen molar-refractivity contribution < 1.29 is 0 Å². The molecule has 84 valence electrons. The zero-order valence-corrected chi connectivity index (χ0v) is 10.2. The van der Waals surface area contributed by atoms with Gasteiger partial charge in [0.15, 0.2) is 0 Å². The number of fused-ring (bicyclic) bond motifs is 1. The summed E-state index contributed by atoms with van der Waals surface area (Å²) in [4.78, 5) is 0. The number of nitrogens with zero attached hydrogens (tertiary/aromatic N) is 4. The van der Waals surface area contributed by atoms with E-state index in [1.165, 1.54) is 11.8 Å². The molecule has 5 heteroatoms. The van der Waals surface area contributed by atoms with Crippen LogP contribution in [0.15, 0.2) is 23.4 Å². The van der Waals surface area contributed by atoms with Crippen LogP contribution in [0.3, 0.4) is 0 Å². The van der Waals surface area contributed by atoms with Crippen molar-refractivity contribution in [3.05, 3.63) is 29.5 Å². The Hall–Kier alpha value is -1.98. The van der Waals surface area contributed by atoms with E-state index in [-0.39, 0.29) is 0 Å². The number of rotatable bonds is 3. The van der Waals surface area contributed by atoms with Crippen LogP contribution >= 0.6 is 11.8 Å². The zero-order valence-electron chi connectivity index (χ0n) is 9.34. The molecular formula is C12H10N4S. The lowest BCUT2D eigenvalue weighted by atomic mass is 10.2. The molecule has 2 heterocycles. The van der Waals surface area contributed by atoms with Gasteiger partial charge in [-0.05, 0) is 24.6 Å². The van der Waals surface area contributed by atoms with Gasteiger partial charge >= 0.3 is 0 Å². The summed E-state index contributed by atoms with van der Waals surface area (Å²) in [6.45, 7) is 1.98. The Balaban J connectivity index is 2.43. The second kappa shape index (κ2) is 4.90. The Morgan fingerprint density at radius 1 is 1.47 bits per heavy atom. The highest BCUT2D eigenvalue weighted by molar-refractivity contribution is 7.99. The Bertz CT molecular complexity index is 630. The molecule has 0 aliphatic rings. The maximum absolute atomic E-state index is 9.17. The Labute approximate surface area is 103 Å². The molecular weight excluding hydrogens is 232 g/mol. The molecule has 2 aromatic heterocycles. The molecule has 0 saturated carbocycles. The van der Waals surface area contributed by atoms with Gasteiger partial charge in [0.2, 0.25) is 0 Å². The van der Waals surface area contributed by atoms with Crippen LogP contribution in [0, 0.1) is 29.6 Å². The zero-order chi connectivity index (χ0) is 12.3. The largest absolute Gasteiger partial charge is 0.238 e. The summed E-state index contributed by atoms with van der Waals surface area (Å²) in [5.41, 5.74) is 2.52. The number of hydrogen-bond donors (Lipinski definition) is 0. The van der Waals surface area contributed by atoms with Crippen LogP contribution in [-0.4, -0.2) is 15.4 Å². The summed E-state index contributed by atoms with van der Waals surface area (Å²) in [6.07, 6.45) is 2.31. The van der Waals surface area contributed by atoms with Gasteiger partial charge in [-0.2, -0.15) is 15.6 Å². The van der Waals surface area contributed by atoms with E-state index in [2.05, 4.69) is 17.2 Å². The SMILES string of the molecule is Cc1ccn2nc(SCCC#N)c(C#N)c2c1. The summed E-state index contributed by atoms with van der Waals surface area (Å²) in [5, 5.41) is 22.7. The van der Waals surface area contributed by atoms with Gasteiger partial charge in [0.25, 0.3) is 0 Å². The lowest BCUT2D eigenvalue weighted by molar-refractivity contribution is 0.897. The number of nitriles is 2. The van der Waals surface area contributed by atoms with Crippen LogP contribution in [0.2, 0.25) is 0 Å². The van der Waals surface area contributed by atoms with Gasteiger partial charge in [-0.3, -0.25) is 0 Å². The quantitative estimate of drug-likeness (QED) is 0.612. The van der Waals surface area contributed by atoms with Crippen molar-refractivity contribution in [2.45, 2.75) is 18.4 Å². The van der Waals surface area contributed by atoms with Crippen molar-refractivity contribution >= 4 is 17.3 Å². The van der Waals surface area contributed by atoms with Gasteiger partial charge in [0.1, 0.15) is 16.7 Å². The van der Waals surface area contributed by atoms with Crippen LogP contribution in [0.1, 0.15) is 17.5 Å². The first kappa shape index (κ1) is 11.5. The third-order valence-corrected chi connectivity index (χ3v) is 3.29. The first-order chi connectivity index (χ1) is 8.26. The van der Waals surface area contributed by atoms with Crippen molar-refractivity contribution in [3.63, 3.8) is 0 Å². The summed E-state index contributed by atoms with van der Waals surface area (Å²) in [6, 6.07) is 8.16. The smallest absolute Gasteiger partial charge is 0.137 e. The Morgan fingerprint density at radius 2 is 2.29 bits per heavy atom. The van der Waals surface area contributed by atoms with Crippen molar-refractivity contribution in [1.82, 2.24) is 9.61 Å². The monoisotopic (exact) mass is 242 g/mol. The topological polar surface area (TPSA) is 64.9 Å². The highest BCUT2D eigenvalue weighted by Gasteiger charge is 2.12. The molecule has 0 amide bonds. The van der Waals surface area contributed by atoms with E-state index in [9.17, 15) is 5.26 Å². The van der Waals surface area contributed by atoms with Gasteiger partial charge in [-0.1, -0.05) is 0 Å². The number of hydrogen-bond acceptors (Lipinski definition) is 4. The molecule has 0 aliphatic heterocycles. The third-order valence-electron chi connectivity index (χ3n) is 2.32. The predicted molar refractivity (Wildman–Crippen MR) is 65.6 cm³/mol. The molecule has 4 nitrogen and oxygen atoms in total. The van der Waals surface area contributed by atoms with Crippen LogP contribution in [0.4, 0.5) is 0 Å². The van der Waals surface area contributed by atoms with E-state index in [1.54, 1.807) is 4.52 Å². The van der Waals surface area contributed by atoms with Crippen LogP contribution < -0.4 is 0 Å². The van der Waals surface area contributed by atoms with Crippen LogP contribution in [-0.2, 0) is 0 Å². The van der Waals surface area contributed by atoms with E-state index in [4.69, 9.17) is 5.26 Å². The molecule has 0 N–H and O–H groups in total. The van der Waals surface area contributed by atoms with E-state index in [0.717, 1.165) is 11.1 Å². The molecule has 0 fully saturated rings. The molecule has 2 aromatic rings. The first-order valence-corrected chi connectivity index (χ1v) is 6.13. The average molecular weight is 242 g/mol. The summed E-state index contributed by atoms with van der Waals surface area (Å²) in [7, 11) is 0. The predicted octanol–water partition coefficient (Wildman–Crippen LogP) is 2.52. The van der Waals surface area contributed by atoms with Crippen molar-refractivity contribution in [3.8, 4) is 12.1 Å². The van der Waals surface area contributed by atoms with E-state index in [0.29, 0.717) is 22.8 Å². The molecule has 0 aliphatic carbocycles. The molecule has 0 saturated heterocycles. The van der Waals surface area contributed by atoms with E-state index >= 15 is 0 Å². The van der Waals surface area contributed by atoms with E-state index in [1.807, 2.05) is 25.3 Å². The third kappa shape index (κ3) is 2.25. The average Bonchev–Trinajstić information content (AvgIpc) is 2.66. The molecule has 2 rings (SSSR count). The van der Waals surface area contributed by atoms with Gasteiger partial charge in [-0.15, -0.1) is 11.8 Å². The van der Waals surface area contributed by atoms with Crippen molar-refractivity contribution in [2.75, 3.05) is 5.75 Å². The number of pyridine rings is 1. The second-order valence-electron chi connectivity index (χ2n) is 3.58. The lowest BCUT2D eigenvalue weighted by Gasteiger charge is -1.93. The van der Waals surface area contributed by atoms with E-state index < -0.39 is 0 Å². The molecule has 0 atom stereocenters. The lowest BCUT2D eigenvalue weighted by Crippen LogP contribution is -1.86. The van der Waals surface area contributed by atoms with Crippen LogP contribution in [0.5, 0.6) is 0 Å². The summed E-state index contributed by atoms with van der Waals surface area (Å²) in [5.74, 6) is 0.661. The van der Waals surface area contributed by atoms with Crippen LogP contribution in [0.25, 0.3) is 5.52 Å². The minimum atomic E-state index is 0.461. The highest BCUT2D eigenvalue weighted by Crippen LogP contribution is 2.25. The number of thioether (sulfide) groups is 1. The van der Waals surface area contributed by atoms with Gasteiger partial charge in [0.05, 0.1) is 11.6 Å². The minimum Gasteiger partial charge on any atom is -0.238 e. The van der Waals surface area contributed by atoms with Crippen molar-refractivity contribution in [2.24, 2.45) is 0 Å². The standard InChI is InChI=1S/C12H10N4S/c1-9-3-5-16-11(7-9)10(8-14)12(15-16)17-6-2-4-13/h3,5,7H,2,6H2,1H3. The Morgan fingerprint density at radius 3 is 3.00 bits per heavy atom. The minimum absolute atomic E-state index is 0.461. The number of aromatic nitrogens is 2. The maximum Gasteiger partial charge on any atom is 0.137 e. The second-order valence-corrected chi connectivity index (χ2v) is 4.67. The van der Waals surface area contributed by atoms with Crippen molar-refractivity contribution in [1.29, 1.82) is 10.5 Å². The fourth-order valence-corrected chi connectivity index (χ4v) is 2.36. The first-order valence-electron chi connectivity index (χ1n) is 5.15. The summed E-state index contributed by atoms with van der Waals surface area (Å²) >= 11 is 1.45. The fourth-order valence-electron chi connectivity index (χ4n) is 1.53. The molecule has 17 heavy (non-hydrogen) atoms. The highest BCUT2D eigenvalue weighted by atomic mass is 32.2. The molecule has 0 unspecified atom stereocenters. The van der Waals surface area contributed by atoms with Gasteiger partial charge in [0, 0.05) is 18.4 Å². The molecule has 0 radical (unpaired) electrons. The fraction of sp³-hybridized carbons (Fsp3) is 0.250.